The molecule has 1 aromatic rings. The van der Waals surface area contributed by atoms with Crippen LogP contribution in [0.1, 0.15) is 25.7 Å². The van der Waals surface area contributed by atoms with Crippen molar-refractivity contribution in [2.75, 3.05) is 13.2 Å². The number of hydrogen-bond acceptors (Lipinski definition) is 3. The van der Waals surface area contributed by atoms with E-state index in [2.05, 4.69) is 5.32 Å². The highest BCUT2D eigenvalue weighted by molar-refractivity contribution is 5.85. The quantitative estimate of drug-likeness (QED) is 0.811. The molecule has 20 heavy (non-hydrogen) atoms. The highest BCUT2D eigenvalue weighted by Gasteiger charge is 2.38. The van der Waals surface area contributed by atoms with Crippen molar-refractivity contribution in [1.29, 1.82) is 0 Å². The average molecular weight is 285 g/mol. The van der Waals surface area contributed by atoms with Gasteiger partial charge < -0.3 is 15.2 Å². The average Bonchev–Trinajstić information content (AvgIpc) is 2.87. The van der Waals surface area contributed by atoms with Crippen molar-refractivity contribution in [2.45, 2.75) is 31.3 Å². The minimum Gasteiger partial charge on any atom is -0.492 e. The number of nitrogens with one attached hydrogen (secondary N) is 1. The third kappa shape index (κ3) is 3.45. The summed E-state index contributed by atoms with van der Waals surface area (Å²) in [6.45, 7) is 0.313. The van der Waals surface area contributed by atoms with Gasteiger partial charge in [-0.05, 0) is 37.8 Å². The summed E-state index contributed by atoms with van der Waals surface area (Å²) in [4.78, 5) is 11.8. The normalized spacial score (nSPS) is 16.9. The maximum Gasteiger partial charge on any atom is 0.252 e. The van der Waals surface area contributed by atoms with Gasteiger partial charge in [-0.25, -0.2) is 8.78 Å². The number of hydrogen-bond donors (Lipinski definition) is 2. The smallest absolute Gasteiger partial charge is 0.252 e. The molecule has 1 amide bonds. The highest BCUT2D eigenvalue weighted by Crippen LogP contribution is 2.29. The highest BCUT2D eigenvalue weighted by atomic mass is 19.2. The van der Waals surface area contributed by atoms with Gasteiger partial charge in [0.1, 0.15) is 18.0 Å². The standard InChI is InChI=1S/C14H17F2NO3/c15-11-4-3-10(9-12(11)16)20-8-7-17-13(18)14(19)5-1-2-6-14/h3-4,9,19H,1-2,5-8H2,(H,17,18). The van der Waals surface area contributed by atoms with Crippen LogP contribution in [0.5, 0.6) is 5.75 Å². The van der Waals surface area contributed by atoms with E-state index in [9.17, 15) is 18.7 Å². The molecule has 1 aliphatic rings. The Morgan fingerprint density at radius 1 is 1.30 bits per heavy atom. The summed E-state index contributed by atoms with van der Waals surface area (Å²) in [5, 5.41) is 12.6. The van der Waals surface area contributed by atoms with E-state index in [4.69, 9.17) is 4.74 Å². The molecule has 2 rings (SSSR count). The lowest BCUT2D eigenvalue weighted by atomic mass is 10.0. The molecule has 0 bridgehead atoms. The zero-order chi connectivity index (χ0) is 14.6. The van der Waals surface area contributed by atoms with Crippen LogP contribution in [0, 0.1) is 11.6 Å². The van der Waals surface area contributed by atoms with Gasteiger partial charge in [0, 0.05) is 6.07 Å². The third-order valence-electron chi connectivity index (χ3n) is 3.40. The van der Waals surface area contributed by atoms with E-state index in [1.165, 1.54) is 6.07 Å². The lowest BCUT2D eigenvalue weighted by Gasteiger charge is -2.20. The van der Waals surface area contributed by atoms with E-state index >= 15 is 0 Å². The predicted molar refractivity (Wildman–Crippen MR) is 68.3 cm³/mol. The SMILES string of the molecule is O=C(NCCOc1ccc(F)c(F)c1)C1(O)CCCC1. The van der Waals surface area contributed by atoms with Gasteiger partial charge >= 0.3 is 0 Å². The van der Waals surface area contributed by atoms with Gasteiger partial charge in [-0.1, -0.05) is 0 Å². The number of benzene rings is 1. The number of halogens is 2. The molecule has 4 nitrogen and oxygen atoms in total. The zero-order valence-electron chi connectivity index (χ0n) is 11.0. The number of rotatable bonds is 5. The van der Waals surface area contributed by atoms with Crippen molar-refractivity contribution >= 4 is 5.91 Å². The Morgan fingerprint density at radius 3 is 2.65 bits per heavy atom. The van der Waals surface area contributed by atoms with Crippen molar-refractivity contribution in [1.82, 2.24) is 5.32 Å². The second-order valence-corrected chi connectivity index (χ2v) is 4.92. The molecule has 0 heterocycles. The van der Waals surface area contributed by atoms with Crippen LogP contribution < -0.4 is 10.1 Å². The van der Waals surface area contributed by atoms with Crippen LogP contribution in [0.4, 0.5) is 8.78 Å². The van der Waals surface area contributed by atoms with E-state index in [-0.39, 0.29) is 18.9 Å². The fraction of sp³-hybridized carbons (Fsp3) is 0.500. The maximum absolute atomic E-state index is 12.9. The first-order valence-electron chi connectivity index (χ1n) is 6.60. The largest absolute Gasteiger partial charge is 0.492 e. The lowest BCUT2D eigenvalue weighted by Crippen LogP contribution is -2.45. The Labute approximate surface area is 115 Å². The lowest BCUT2D eigenvalue weighted by molar-refractivity contribution is -0.139. The van der Waals surface area contributed by atoms with Crippen LogP contribution in [-0.4, -0.2) is 29.8 Å². The van der Waals surface area contributed by atoms with Crippen molar-refractivity contribution < 1.29 is 23.4 Å². The molecule has 1 saturated carbocycles. The Hall–Kier alpha value is -1.69. The number of ether oxygens (including phenoxy) is 1. The maximum atomic E-state index is 12.9. The zero-order valence-corrected chi connectivity index (χ0v) is 11.0. The molecule has 0 aromatic heterocycles. The molecule has 0 spiro atoms. The second-order valence-electron chi connectivity index (χ2n) is 4.92. The van der Waals surface area contributed by atoms with Gasteiger partial charge in [0.2, 0.25) is 0 Å². The van der Waals surface area contributed by atoms with E-state index in [1.807, 2.05) is 0 Å². The van der Waals surface area contributed by atoms with Crippen LogP contribution in [0.3, 0.4) is 0 Å². The first-order chi connectivity index (χ1) is 9.51. The Kier molecular flexibility index (Phi) is 4.54. The van der Waals surface area contributed by atoms with Gasteiger partial charge in [-0.15, -0.1) is 0 Å². The third-order valence-corrected chi connectivity index (χ3v) is 3.40. The number of amides is 1. The minimum absolute atomic E-state index is 0.118. The van der Waals surface area contributed by atoms with Crippen molar-refractivity contribution in [2.24, 2.45) is 0 Å². The molecule has 0 saturated heterocycles. The fourth-order valence-corrected chi connectivity index (χ4v) is 2.25. The van der Waals surface area contributed by atoms with Crippen LogP contribution in [0.2, 0.25) is 0 Å². The predicted octanol–water partition coefficient (Wildman–Crippen LogP) is 1.76. The van der Waals surface area contributed by atoms with E-state index in [0.717, 1.165) is 25.0 Å². The Bertz CT molecular complexity index is 487. The molecule has 0 radical (unpaired) electrons. The minimum atomic E-state index is -1.26. The molecular formula is C14H17F2NO3. The van der Waals surface area contributed by atoms with Crippen LogP contribution in [0.15, 0.2) is 18.2 Å². The summed E-state index contributed by atoms with van der Waals surface area (Å²) in [6.07, 6.45) is 2.64. The van der Waals surface area contributed by atoms with Gasteiger partial charge in [-0.2, -0.15) is 0 Å². The van der Waals surface area contributed by atoms with Gasteiger partial charge in [0.05, 0.1) is 6.54 Å². The first-order valence-corrected chi connectivity index (χ1v) is 6.60. The molecule has 0 unspecified atom stereocenters. The molecule has 1 aromatic carbocycles. The van der Waals surface area contributed by atoms with E-state index in [0.29, 0.717) is 12.8 Å². The van der Waals surface area contributed by atoms with Gasteiger partial charge in [0.25, 0.3) is 5.91 Å². The van der Waals surface area contributed by atoms with E-state index in [1.54, 1.807) is 0 Å². The second kappa shape index (κ2) is 6.17. The molecule has 0 atom stereocenters. The Balaban J connectivity index is 1.73. The van der Waals surface area contributed by atoms with Crippen molar-refractivity contribution in [3.05, 3.63) is 29.8 Å². The number of aliphatic hydroxyl groups is 1. The van der Waals surface area contributed by atoms with Crippen LogP contribution in [0.25, 0.3) is 0 Å². The molecule has 1 fully saturated rings. The summed E-state index contributed by atoms with van der Waals surface area (Å²) in [5.41, 5.74) is -1.26. The first kappa shape index (κ1) is 14.7. The van der Waals surface area contributed by atoms with E-state index < -0.39 is 23.1 Å². The molecule has 0 aliphatic heterocycles. The van der Waals surface area contributed by atoms with Crippen molar-refractivity contribution in [3.8, 4) is 5.75 Å². The van der Waals surface area contributed by atoms with Gasteiger partial charge in [-0.3, -0.25) is 4.79 Å². The summed E-state index contributed by atoms with van der Waals surface area (Å²) < 4.78 is 30.8. The molecule has 1 aliphatic carbocycles. The Morgan fingerprint density at radius 2 is 2.00 bits per heavy atom. The topological polar surface area (TPSA) is 58.6 Å². The van der Waals surface area contributed by atoms with Gasteiger partial charge in [0.15, 0.2) is 11.6 Å². The van der Waals surface area contributed by atoms with Crippen LogP contribution >= 0.6 is 0 Å². The monoisotopic (exact) mass is 285 g/mol. The number of carbonyl (C=O) groups is 1. The fourth-order valence-electron chi connectivity index (χ4n) is 2.25. The summed E-state index contributed by atoms with van der Waals surface area (Å²) in [6, 6.07) is 3.23. The molecular weight excluding hydrogens is 268 g/mol. The molecule has 110 valence electrons. The van der Waals surface area contributed by atoms with Crippen LogP contribution in [-0.2, 0) is 4.79 Å². The summed E-state index contributed by atoms with van der Waals surface area (Å²) in [5.74, 6) is -2.12. The summed E-state index contributed by atoms with van der Waals surface area (Å²) >= 11 is 0. The molecule has 6 heteroatoms. The molecule has 2 N–H and O–H groups in total. The van der Waals surface area contributed by atoms with Crippen molar-refractivity contribution in [3.63, 3.8) is 0 Å². The summed E-state index contributed by atoms with van der Waals surface area (Å²) in [7, 11) is 0. The number of carbonyl (C=O) groups excluding carboxylic acids is 1.